The molecule has 1 heterocycles. The molecule has 1 rings (SSSR count). The minimum Gasteiger partial charge on any atom is -0.465 e. The molecular formula is C14H22F4O2. The summed E-state index contributed by atoms with van der Waals surface area (Å²) < 4.78 is 58.9. The van der Waals surface area contributed by atoms with Gasteiger partial charge in [0.1, 0.15) is 0 Å². The molecule has 1 aliphatic heterocycles. The van der Waals surface area contributed by atoms with E-state index >= 15 is 0 Å². The van der Waals surface area contributed by atoms with Crippen molar-refractivity contribution in [3.8, 4) is 0 Å². The molecule has 0 aromatic carbocycles. The Morgan fingerprint density at radius 3 is 2.25 bits per heavy atom. The van der Waals surface area contributed by atoms with E-state index in [1.807, 2.05) is 0 Å². The van der Waals surface area contributed by atoms with Crippen LogP contribution in [-0.2, 0) is 9.53 Å². The maximum absolute atomic E-state index is 13.5. The van der Waals surface area contributed by atoms with E-state index < -0.39 is 43.5 Å². The van der Waals surface area contributed by atoms with Crippen molar-refractivity contribution in [2.75, 3.05) is 6.61 Å². The summed E-state index contributed by atoms with van der Waals surface area (Å²) >= 11 is 0. The number of alkyl halides is 4. The monoisotopic (exact) mass is 298 g/mol. The third-order valence-electron chi connectivity index (χ3n) is 3.56. The second-order valence-corrected chi connectivity index (χ2v) is 5.75. The van der Waals surface area contributed by atoms with Crippen molar-refractivity contribution in [3.63, 3.8) is 0 Å². The van der Waals surface area contributed by atoms with Gasteiger partial charge in [-0.15, -0.1) is 0 Å². The first-order valence-electron chi connectivity index (χ1n) is 7.11. The molecule has 1 unspecified atom stereocenters. The molecule has 0 radical (unpaired) electrons. The van der Waals surface area contributed by atoms with E-state index in [1.54, 1.807) is 6.92 Å². The zero-order valence-electron chi connectivity index (χ0n) is 11.8. The second-order valence-electron chi connectivity index (χ2n) is 5.75. The Morgan fingerprint density at radius 2 is 1.60 bits per heavy atom. The lowest BCUT2D eigenvalue weighted by molar-refractivity contribution is -0.145. The molecule has 1 atom stereocenters. The Kier molecular flexibility index (Phi) is 6.27. The number of halogens is 4. The van der Waals surface area contributed by atoms with E-state index in [1.165, 1.54) is 0 Å². The molecule has 1 fully saturated rings. The summed E-state index contributed by atoms with van der Waals surface area (Å²) in [5, 5.41) is 0. The van der Waals surface area contributed by atoms with Crippen molar-refractivity contribution in [2.45, 2.75) is 70.1 Å². The van der Waals surface area contributed by atoms with Gasteiger partial charge in [-0.05, 0) is 25.2 Å². The molecule has 118 valence electrons. The summed E-state index contributed by atoms with van der Waals surface area (Å²) in [6.07, 6.45) is -1.76. The third kappa shape index (κ3) is 7.10. The minimum absolute atomic E-state index is 0.110. The van der Waals surface area contributed by atoms with E-state index in [0.29, 0.717) is 6.42 Å². The Bertz CT molecular complexity index is 318. The summed E-state index contributed by atoms with van der Waals surface area (Å²) in [6.45, 7) is 1.83. The molecule has 1 saturated heterocycles. The third-order valence-corrected chi connectivity index (χ3v) is 3.56. The highest BCUT2D eigenvalue weighted by Crippen LogP contribution is 2.35. The summed E-state index contributed by atoms with van der Waals surface area (Å²) in [7, 11) is 0. The molecule has 20 heavy (non-hydrogen) atoms. The van der Waals surface area contributed by atoms with Gasteiger partial charge in [-0.1, -0.05) is 6.92 Å². The van der Waals surface area contributed by atoms with Crippen LogP contribution in [0.5, 0.6) is 0 Å². The standard InChI is InChI=1S/C14H22F4O2/c1-11-5-7-14(17,18)9-8-13(15,16)6-3-2-4-12(19)20-10-11/h11H,2-10H2,1H3. The average Bonchev–Trinajstić information content (AvgIpc) is 2.36. The topological polar surface area (TPSA) is 26.3 Å². The highest BCUT2D eigenvalue weighted by atomic mass is 19.3. The predicted molar refractivity (Wildman–Crippen MR) is 67.0 cm³/mol. The summed E-state index contributed by atoms with van der Waals surface area (Å²) in [5.41, 5.74) is 0. The van der Waals surface area contributed by atoms with Crippen LogP contribution >= 0.6 is 0 Å². The molecule has 0 saturated carbocycles. The summed E-state index contributed by atoms with van der Waals surface area (Å²) in [5.74, 6) is -6.79. The van der Waals surface area contributed by atoms with E-state index in [2.05, 4.69) is 0 Å². The second kappa shape index (κ2) is 7.27. The SMILES string of the molecule is CC1CCC(F)(F)CCC(F)(F)CCCCC(=O)OC1. The molecule has 2 nitrogen and oxygen atoms in total. The van der Waals surface area contributed by atoms with Crippen molar-refractivity contribution in [2.24, 2.45) is 5.92 Å². The van der Waals surface area contributed by atoms with Gasteiger partial charge in [-0.25, -0.2) is 17.6 Å². The van der Waals surface area contributed by atoms with Gasteiger partial charge in [0.2, 0.25) is 11.8 Å². The first kappa shape index (κ1) is 17.2. The van der Waals surface area contributed by atoms with Crippen LogP contribution in [0.2, 0.25) is 0 Å². The van der Waals surface area contributed by atoms with E-state index in [0.717, 1.165) is 0 Å². The molecule has 0 aromatic rings. The van der Waals surface area contributed by atoms with Crippen LogP contribution in [-0.4, -0.2) is 24.4 Å². The Morgan fingerprint density at radius 1 is 1.00 bits per heavy atom. The predicted octanol–water partition coefficient (Wildman–Crippen LogP) is 4.57. The number of hydrogen-bond donors (Lipinski definition) is 0. The molecule has 0 bridgehead atoms. The Labute approximate surface area is 116 Å². The number of ether oxygens (including phenoxy) is 1. The van der Waals surface area contributed by atoms with Crippen molar-refractivity contribution in [1.29, 1.82) is 0 Å². The van der Waals surface area contributed by atoms with Gasteiger partial charge in [0, 0.05) is 32.1 Å². The van der Waals surface area contributed by atoms with Crippen molar-refractivity contribution in [1.82, 2.24) is 0 Å². The highest BCUT2D eigenvalue weighted by molar-refractivity contribution is 5.69. The maximum atomic E-state index is 13.5. The summed E-state index contributed by atoms with van der Waals surface area (Å²) in [6, 6.07) is 0. The zero-order chi connectivity index (χ0) is 15.2. The number of hydrogen-bond acceptors (Lipinski definition) is 2. The number of rotatable bonds is 0. The van der Waals surface area contributed by atoms with Gasteiger partial charge in [-0.2, -0.15) is 0 Å². The maximum Gasteiger partial charge on any atom is 0.305 e. The molecule has 0 amide bonds. The minimum atomic E-state index is -3.08. The van der Waals surface area contributed by atoms with Gasteiger partial charge in [0.25, 0.3) is 0 Å². The van der Waals surface area contributed by atoms with Crippen LogP contribution in [0.1, 0.15) is 58.3 Å². The van der Waals surface area contributed by atoms with Gasteiger partial charge < -0.3 is 4.74 Å². The Balaban J connectivity index is 2.60. The van der Waals surface area contributed by atoms with Gasteiger partial charge in [0.05, 0.1) is 6.61 Å². The van der Waals surface area contributed by atoms with Gasteiger partial charge in [0.15, 0.2) is 0 Å². The van der Waals surface area contributed by atoms with Crippen LogP contribution in [0.15, 0.2) is 0 Å². The van der Waals surface area contributed by atoms with Crippen molar-refractivity contribution < 1.29 is 27.1 Å². The van der Waals surface area contributed by atoms with Crippen LogP contribution in [0.25, 0.3) is 0 Å². The fraction of sp³-hybridized carbons (Fsp3) is 0.929. The first-order valence-corrected chi connectivity index (χ1v) is 7.11. The quantitative estimate of drug-likeness (QED) is 0.483. The molecule has 0 aromatic heterocycles. The van der Waals surface area contributed by atoms with Crippen molar-refractivity contribution >= 4 is 5.97 Å². The van der Waals surface area contributed by atoms with Crippen LogP contribution in [0.4, 0.5) is 17.6 Å². The highest BCUT2D eigenvalue weighted by Gasteiger charge is 2.36. The fourth-order valence-electron chi connectivity index (χ4n) is 2.12. The van der Waals surface area contributed by atoms with Crippen LogP contribution < -0.4 is 0 Å². The average molecular weight is 298 g/mol. The summed E-state index contributed by atoms with van der Waals surface area (Å²) in [4.78, 5) is 11.3. The van der Waals surface area contributed by atoms with E-state index in [9.17, 15) is 22.4 Å². The lowest BCUT2D eigenvalue weighted by atomic mass is 9.97. The van der Waals surface area contributed by atoms with Gasteiger partial charge in [-0.3, -0.25) is 4.79 Å². The number of carbonyl (C=O) groups is 1. The number of esters is 1. The Hall–Kier alpha value is -0.810. The largest absolute Gasteiger partial charge is 0.465 e. The lowest BCUT2D eigenvalue weighted by Gasteiger charge is -2.23. The smallest absolute Gasteiger partial charge is 0.305 e. The normalized spacial score (nSPS) is 29.2. The molecule has 0 N–H and O–H groups in total. The van der Waals surface area contributed by atoms with Gasteiger partial charge >= 0.3 is 5.97 Å². The first-order chi connectivity index (χ1) is 9.20. The molecule has 0 spiro atoms. The molecular weight excluding hydrogens is 276 g/mol. The number of carbonyl (C=O) groups excluding carboxylic acids is 1. The fourth-order valence-corrected chi connectivity index (χ4v) is 2.12. The lowest BCUT2D eigenvalue weighted by Crippen LogP contribution is -2.25. The molecule has 1 aliphatic rings. The molecule has 0 aliphatic carbocycles. The zero-order valence-corrected chi connectivity index (χ0v) is 11.8. The van der Waals surface area contributed by atoms with Crippen LogP contribution in [0.3, 0.4) is 0 Å². The molecule has 6 heteroatoms. The van der Waals surface area contributed by atoms with Crippen molar-refractivity contribution in [3.05, 3.63) is 0 Å². The van der Waals surface area contributed by atoms with E-state index in [-0.39, 0.29) is 31.8 Å². The van der Waals surface area contributed by atoms with E-state index in [4.69, 9.17) is 4.74 Å². The van der Waals surface area contributed by atoms with Crippen LogP contribution in [0, 0.1) is 5.92 Å². The number of cyclic esters (lactones) is 1.